The van der Waals surface area contributed by atoms with Crippen LogP contribution in [0, 0.1) is 0 Å². The molecule has 0 bridgehead atoms. The van der Waals surface area contributed by atoms with E-state index in [4.69, 9.17) is 26.4 Å². The molecule has 1 aliphatic rings. The van der Waals surface area contributed by atoms with Crippen LogP contribution in [0.25, 0.3) is 6.08 Å². The first kappa shape index (κ1) is 22.8. The fourth-order valence-electron chi connectivity index (χ4n) is 3.39. The van der Waals surface area contributed by atoms with Gasteiger partial charge in [0.2, 0.25) is 0 Å². The molecule has 0 saturated carbocycles. The summed E-state index contributed by atoms with van der Waals surface area (Å²) in [5.74, 6) is 0.336. The molecule has 0 aromatic heterocycles. The highest BCUT2D eigenvalue weighted by Gasteiger charge is 2.35. The van der Waals surface area contributed by atoms with E-state index in [1.54, 1.807) is 24.3 Å². The maximum atomic E-state index is 13.3. The van der Waals surface area contributed by atoms with Crippen molar-refractivity contribution in [3.05, 3.63) is 77.9 Å². The van der Waals surface area contributed by atoms with Gasteiger partial charge in [-0.05, 0) is 54.7 Å². The van der Waals surface area contributed by atoms with Gasteiger partial charge in [0, 0.05) is 12.1 Å². The lowest BCUT2D eigenvalue weighted by Gasteiger charge is -2.29. The topological polar surface area (TPSA) is 97.3 Å². The number of hydrogen-bond acceptors (Lipinski definition) is 7. The van der Waals surface area contributed by atoms with Crippen molar-refractivity contribution in [3.8, 4) is 28.7 Å². The number of ether oxygens (including phenoxy) is 3. The second kappa shape index (κ2) is 9.63. The summed E-state index contributed by atoms with van der Waals surface area (Å²) in [5.41, 5.74) is 0.590. The van der Waals surface area contributed by atoms with Gasteiger partial charge >= 0.3 is 0 Å². The average Bonchev–Trinajstić information content (AvgIpc) is 2.83. The number of nitrogens with one attached hydrogen (secondary N) is 1. The molecule has 0 spiro atoms. The lowest BCUT2D eigenvalue weighted by Crippen LogP contribution is -2.54. The molecule has 2 N–H and O–H groups in total. The first-order chi connectivity index (χ1) is 16.4. The van der Waals surface area contributed by atoms with Crippen LogP contribution in [0.2, 0.25) is 0 Å². The Hall–Kier alpha value is -4.37. The largest absolute Gasteiger partial charge is 0.508 e. The molecule has 34 heavy (non-hydrogen) atoms. The summed E-state index contributed by atoms with van der Waals surface area (Å²) in [6.07, 6.45) is 1.34. The molecule has 0 radical (unpaired) electrons. The Morgan fingerprint density at radius 3 is 2.09 bits per heavy atom. The maximum Gasteiger partial charge on any atom is 0.270 e. The van der Waals surface area contributed by atoms with E-state index in [1.807, 2.05) is 30.3 Å². The number of carbonyl (C=O) groups is 2. The minimum absolute atomic E-state index is 0.0477. The molecule has 3 aromatic carbocycles. The highest BCUT2D eigenvalue weighted by Crippen LogP contribution is 2.36. The van der Waals surface area contributed by atoms with Gasteiger partial charge in [0.1, 0.15) is 34.3 Å². The van der Waals surface area contributed by atoms with E-state index < -0.39 is 11.8 Å². The molecule has 172 valence electrons. The molecule has 1 fully saturated rings. The second-order valence-electron chi connectivity index (χ2n) is 7.13. The molecular weight excluding hydrogens is 456 g/mol. The first-order valence-corrected chi connectivity index (χ1v) is 10.5. The quantitative estimate of drug-likeness (QED) is 0.315. The van der Waals surface area contributed by atoms with Gasteiger partial charge in [0.15, 0.2) is 5.11 Å². The van der Waals surface area contributed by atoms with E-state index in [1.165, 1.54) is 37.3 Å². The van der Waals surface area contributed by atoms with Crippen LogP contribution in [0.15, 0.2) is 72.3 Å². The summed E-state index contributed by atoms with van der Waals surface area (Å²) < 4.78 is 16.4. The van der Waals surface area contributed by atoms with E-state index >= 15 is 0 Å². The number of benzene rings is 3. The number of para-hydroxylation sites is 1. The zero-order chi connectivity index (χ0) is 24.2. The van der Waals surface area contributed by atoms with E-state index in [-0.39, 0.29) is 27.9 Å². The summed E-state index contributed by atoms with van der Waals surface area (Å²) in [6, 6.07) is 18.7. The normalized spacial score (nSPS) is 14.7. The zero-order valence-electron chi connectivity index (χ0n) is 18.3. The van der Waals surface area contributed by atoms with Gasteiger partial charge in [-0.2, -0.15) is 0 Å². The van der Waals surface area contributed by atoms with E-state index in [9.17, 15) is 14.7 Å². The number of rotatable bonds is 6. The molecule has 1 heterocycles. The van der Waals surface area contributed by atoms with Crippen molar-refractivity contribution in [2.75, 3.05) is 19.1 Å². The van der Waals surface area contributed by atoms with Crippen molar-refractivity contribution in [3.63, 3.8) is 0 Å². The molecule has 0 atom stereocenters. The van der Waals surface area contributed by atoms with Gasteiger partial charge in [-0.25, -0.2) is 0 Å². The molecule has 3 aromatic rings. The summed E-state index contributed by atoms with van der Waals surface area (Å²) >= 11 is 5.27. The number of aromatic hydroxyl groups is 1. The van der Waals surface area contributed by atoms with Gasteiger partial charge in [-0.15, -0.1) is 0 Å². The predicted molar refractivity (Wildman–Crippen MR) is 130 cm³/mol. The smallest absolute Gasteiger partial charge is 0.270 e. The molecule has 4 rings (SSSR count). The molecule has 1 saturated heterocycles. The predicted octanol–water partition coefficient (Wildman–Crippen LogP) is 4.03. The molecule has 9 heteroatoms. The Bertz CT molecular complexity index is 1260. The number of anilines is 1. The third kappa shape index (κ3) is 4.55. The van der Waals surface area contributed by atoms with Gasteiger partial charge < -0.3 is 19.3 Å². The van der Waals surface area contributed by atoms with Crippen LogP contribution in [-0.4, -0.2) is 36.3 Å². The highest BCUT2D eigenvalue weighted by atomic mass is 32.1. The van der Waals surface area contributed by atoms with Gasteiger partial charge in [0.25, 0.3) is 11.8 Å². The summed E-state index contributed by atoms with van der Waals surface area (Å²) in [6.45, 7) is 0. The van der Waals surface area contributed by atoms with Crippen molar-refractivity contribution >= 4 is 40.9 Å². The van der Waals surface area contributed by atoms with Crippen molar-refractivity contribution in [2.24, 2.45) is 0 Å². The number of amides is 2. The molecule has 8 nitrogen and oxygen atoms in total. The Kier molecular flexibility index (Phi) is 6.46. The van der Waals surface area contributed by atoms with Gasteiger partial charge in [-0.1, -0.05) is 18.2 Å². The van der Waals surface area contributed by atoms with Crippen LogP contribution in [0.3, 0.4) is 0 Å². The molecular formula is C25H20N2O6S. The van der Waals surface area contributed by atoms with E-state index in [0.29, 0.717) is 22.7 Å². The van der Waals surface area contributed by atoms with E-state index in [0.717, 1.165) is 0 Å². The number of phenolic OH excluding ortho intramolecular Hbond substituents is 1. The number of nitrogens with zero attached hydrogens (tertiary/aromatic N) is 1. The van der Waals surface area contributed by atoms with Crippen LogP contribution in [-0.2, 0) is 9.59 Å². The third-order valence-electron chi connectivity index (χ3n) is 4.99. The van der Waals surface area contributed by atoms with Crippen LogP contribution in [0.5, 0.6) is 28.7 Å². The summed E-state index contributed by atoms with van der Waals surface area (Å²) in [7, 11) is 2.80. The minimum atomic E-state index is -0.660. The Morgan fingerprint density at radius 2 is 1.50 bits per heavy atom. The van der Waals surface area contributed by atoms with Crippen LogP contribution < -0.4 is 24.4 Å². The lowest BCUT2D eigenvalue weighted by atomic mass is 10.0. The molecule has 0 unspecified atom stereocenters. The second-order valence-corrected chi connectivity index (χ2v) is 7.52. The van der Waals surface area contributed by atoms with Crippen LogP contribution in [0.4, 0.5) is 5.69 Å². The van der Waals surface area contributed by atoms with Gasteiger partial charge in [-0.3, -0.25) is 19.8 Å². The molecule has 0 aliphatic carbocycles. The summed E-state index contributed by atoms with van der Waals surface area (Å²) in [5, 5.41) is 12.4. The van der Waals surface area contributed by atoms with Gasteiger partial charge in [0.05, 0.1) is 25.5 Å². The summed E-state index contributed by atoms with van der Waals surface area (Å²) in [4.78, 5) is 27.2. The highest BCUT2D eigenvalue weighted by molar-refractivity contribution is 7.80. The molecule has 2 amide bonds. The number of hydrogen-bond donors (Lipinski definition) is 2. The maximum absolute atomic E-state index is 13.3. The third-order valence-corrected chi connectivity index (χ3v) is 5.28. The van der Waals surface area contributed by atoms with Crippen LogP contribution in [0.1, 0.15) is 5.56 Å². The van der Waals surface area contributed by atoms with E-state index in [2.05, 4.69) is 5.32 Å². The van der Waals surface area contributed by atoms with Crippen LogP contribution >= 0.6 is 12.2 Å². The number of thiocarbonyl (C=S) groups is 1. The monoisotopic (exact) mass is 476 g/mol. The number of methoxy groups -OCH3 is 2. The Balaban J connectivity index is 1.67. The van der Waals surface area contributed by atoms with Crippen molar-refractivity contribution < 1.29 is 28.9 Å². The first-order valence-electron chi connectivity index (χ1n) is 10.1. The fraction of sp³-hybridized carbons (Fsp3) is 0.0800. The lowest BCUT2D eigenvalue weighted by molar-refractivity contribution is -0.122. The Morgan fingerprint density at radius 1 is 0.912 bits per heavy atom. The average molecular weight is 477 g/mol. The van der Waals surface area contributed by atoms with Crippen molar-refractivity contribution in [2.45, 2.75) is 0 Å². The minimum Gasteiger partial charge on any atom is -0.508 e. The van der Waals surface area contributed by atoms with Crippen molar-refractivity contribution in [1.29, 1.82) is 0 Å². The SMILES string of the molecule is COc1cc(O)cc(OC)c1/C=C1\C(=O)NC(=S)N(c2ccc(Oc3ccccc3)cc2)C1=O. The number of carbonyl (C=O) groups excluding carboxylic acids is 2. The van der Waals surface area contributed by atoms with Crippen molar-refractivity contribution in [1.82, 2.24) is 5.32 Å². The number of phenols is 1. The Labute approximate surface area is 201 Å². The zero-order valence-corrected chi connectivity index (χ0v) is 19.1. The molecule has 1 aliphatic heterocycles. The fourth-order valence-corrected chi connectivity index (χ4v) is 3.67. The standard InChI is InChI=1S/C25H20N2O6S/c1-31-21-12-16(28)13-22(32-2)19(21)14-20-23(29)26-25(34)27(24(20)30)15-8-10-18(11-9-15)33-17-6-4-3-5-7-17/h3-14,28H,1-2H3,(H,26,29,34)/b20-14+.